The lowest BCUT2D eigenvalue weighted by molar-refractivity contribution is 1.72. The second kappa shape index (κ2) is 4.86. The van der Waals surface area contributed by atoms with Crippen LogP contribution < -0.4 is 0 Å². The van der Waals surface area contributed by atoms with E-state index in [1.54, 1.807) is 0 Å². The Kier molecular flexibility index (Phi) is 3.00. The molecule has 0 radical (unpaired) electrons. The van der Waals surface area contributed by atoms with Crippen LogP contribution in [0, 0.1) is 2.88 Å². The van der Waals surface area contributed by atoms with Gasteiger partial charge in [-0.05, 0) is 45.0 Å². The molecule has 0 spiro atoms. The molecule has 0 aliphatic rings. The Labute approximate surface area is 135 Å². The summed E-state index contributed by atoms with van der Waals surface area (Å²) in [4.78, 5) is 0. The van der Waals surface area contributed by atoms with Crippen molar-refractivity contribution >= 4 is 54.8 Å². The first kappa shape index (κ1) is 12.4. The van der Waals surface area contributed by atoms with Crippen molar-refractivity contribution in [1.29, 1.82) is 0 Å². The Hall–Kier alpha value is -1.39. The van der Waals surface area contributed by atoms with Crippen molar-refractivity contribution in [2.24, 2.45) is 0 Å². The summed E-state index contributed by atoms with van der Waals surface area (Å²) in [6.45, 7) is 0. The highest BCUT2D eigenvalue weighted by molar-refractivity contribution is 14.1. The first-order valence-corrected chi connectivity index (χ1v) is 8.39. The fourth-order valence-corrected chi connectivity index (χ4v) is 4.94. The summed E-state index contributed by atoms with van der Waals surface area (Å²) in [7, 11) is 0. The van der Waals surface area contributed by atoms with E-state index >= 15 is 0 Å². The molecule has 96 valence electrons. The summed E-state index contributed by atoms with van der Waals surface area (Å²) in [5.41, 5.74) is 2.72. The number of fused-ring (bicyclic) bond motifs is 2. The molecule has 4 aromatic rings. The predicted octanol–water partition coefficient (Wildman–Crippen LogP) is 6.33. The Bertz CT molecular complexity index is 916. The molecule has 20 heavy (non-hydrogen) atoms. The van der Waals surface area contributed by atoms with Crippen molar-refractivity contribution in [3.05, 3.63) is 69.6 Å². The molecule has 0 aliphatic heterocycles. The summed E-state index contributed by atoms with van der Waals surface area (Å²) in [5, 5.41) is 3.99. The highest BCUT2D eigenvalue weighted by Crippen LogP contribution is 2.41. The number of hydrogen-bond acceptors (Lipinski definition) is 1. The van der Waals surface area contributed by atoms with E-state index < -0.39 is 0 Å². The molecular weight excluding hydrogens is 375 g/mol. The topological polar surface area (TPSA) is 0 Å². The molecule has 0 saturated heterocycles. The van der Waals surface area contributed by atoms with Crippen LogP contribution in [-0.4, -0.2) is 0 Å². The minimum Gasteiger partial charge on any atom is -0.128 e. The molecule has 0 atom stereocenters. The predicted molar refractivity (Wildman–Crippen MR) is 97.5 cm³/mol. The van der Waals surface area contributed by atoms with E-state index in [4.69, 9.17) is 0 Å². The van der Waals surface area contributed by atoms with Gasteiger partial charge in [-0.2, -0.15) is 0 Å². The molecule has 1 aromatic heterocycles. The van der Waals surface area contributed by atoms with Crippen molar-refractivity contribution in [3.63, 3.8) is 0 Å². The summed E-state index contributed by atoms with van der Waals surface area (Å²) in [6, 6.07) is 23.9. The molecule has 2 heteroatoms. The maximum absolute atomic E-state index is 2.47. The van der Waals surface area contributed by atoms with Crippen LogP contribution >= 0.6 is 33.9 Å². The molecule has 3 aromatic carbocycles. The lowest BCUT2D eigenvalue weighted by atomic mass is 9.98. The van der Waals surface area contributed by atoms with Gasteiger partial charge in [-0.1, -0.05) is 60.7 Å². The molecule has 0 nitrogen and oxygen atoms in total. The third-order valence-electron chi connectivity index (χ3n) is 3.61. The van der Waals surface area contributed by atoms with Gasteiger partial charge >= 0.3 is 0 Å². The van der Waals surface area contributed by atoms with Gasteiger partial charge in [0.2, 0.25) is 0 Å². The lowest BCUT2D eigenvalue weighted by Crippen LogP contribution is -1.81. The second-order valence-electron chi connectivity index (χ2n) is 4.77. The number of thiophene rings is 1. The first-order chi connectivity index (χ1) is 9.84. The SMILES string of the molecule is Ic1sc2ccccc2c1-c1cccc2ccccc12. The van der Waals surface area contributed by atoms with Gasteiger partial charge < -0.3 is 0 Å². The van der Waals surface area contributed by atoms with Crippen LogP contribution in [0.1, 0.15) is 0 Å². The van der Waals surface area contributed by atoms with E-state index in [1.165, 1.54) is 34.9 Å². The van der Waals surface area contributed by atoms with Gasteiger partial charge in [0, 0.05) is 15.6 Å². The quantitative estimate of drug-likeness (QED) is 0.336. The van der Waals surface area contributed by atoms with Gasteiger partial charge in [0.15, 0.2) is 0 Å². The largest absolute Gasteiger partial charge is 0.128 e. The van der Waals surface area contributed by atoms with Crippen LogP contribution in [0.4, 0.5) is 0 Å². The lowest BCUT2D eigenvalue weighted by Gasteiger charge is -2.06. The Morgan fingerprint density at radius 3 is 2.30 bits per heavy atom. The Morgan fingerprint density at radius 1 is 0.700 bits per heavy atom. The average molecular weight is 386 g/mol. The molecule has 0 saturated carbocycles. The van der Waals surface area contributed by atoms with Crippen LogP contribution in [-0.2, 0) is 0 Å². The van der Waals surface area contributed by atoms with Crippen molar-refractivity contribution in [2.75, 3.05) is 0 Å². The molecule has 0 unspecified atom stereocenters. The summed E-state index contributed by atoms with van der Waals surface area (Å²) < 4.78 is 2.72. The Morgan fingerprint density at radius 2 is 1.40 bits per heavy atom. The molecule has 0 amide bonds. The smallest absolute Gasteiger partial charge is 0.0744 e. The zero-order chi connectivity index (χ0) is 13.5. The standard InChI is InChI=1S/C18H11IS/c19-18-17(15-9-3-4-11-16(15)20-18)14-10-5-7-12-6-1-2-8-13(12)14/h1-11H. The van der Waals surface area contributed by atoms with Gasteiger partial charge in [-0.15, -0.1) is 11.3 Å². The van der Waals surface area contributed by atoms with Crippen molar-refractivity contribution in [3.8, 4) is 11.1 Å². The van der Waals surface area contributed by atoms with Gasteiger partial charge in [-0.25, -0.2) is 0 Å². The van der Waals surface area contributed by atoms with Crippen LogP contribution in [0.3, 0.4) is 0 Å². The van der Waals surface area contributed by atoms with Crippen LogP contribution in [0.15, 0.2) is 66.7 Å². The molecule has 0 fully saturated rings. The molecular formula is C18H11IS. The van der Waals surface area contributed by atoms with Crippen LogP contribution in [0.5, 0.6) is 0 Å². The highest BCUT2D eigenvalue weighted by atomic mass is 127. The van der Waals surface area contributed by atoms with E-state index in [0.717, 1.165) is 0 Å². The third-order valence-corrected chi connectivity index (χ3v) is 5.77. The van der Waals surface area contributed by atoms with Crippen molar-refractivity contribution in [2.45, 2.75) is 0 Å². The fraction of sp³-hybridized carbons (Fsp3) is 0. The number of benzene rings is 3. The second-order valence-corrected chi connectivity index (χ2v) is 7.64. The summed E-state index contributed by atoms with van der Waals surface area (Å²) in [5.74, 6) is 0. The molecule has 1 heterocycles. The fourth-order valence-electron chi connectivity index (χ4n) is 2.71. The van der Waals surface area contributed by atoms with Gasteiger partial charge in [0.25, 0.3) is 0 Å². The van der Waals surface area contributed by atoms with Crippen LogP contribution in [0.25, 0.3) is 32.0 Å². The number of rotatable bonds is 1. The van der Waals surface area contributed by atoms with Gasteiger partial charge in [0.05, 0.1) is 2.88 Å². The average Bonchev–Trinajstić information content (AvgIpc) is 2.82. The van der Waals surface area contributed by atoms with E-state index in [0.29, 0.717) is 0 Å². The molecule has 0 bridgehead atoms. The minimum atomic E-state index is 1.30. The van der Waals surface area contributed by atoms with Gasteiger partial charge in [0.1, 0.15) is 0 Å². The van der Waals surface area contributed by atoms with Crippen LogP contribution in [0.2, 0.25) is 0 Å². The van der Waals surface area contributed by atoms with E-state index in [-0.39, 0.29) is 0 Å². The zero-order valence-electron chi connectivity index (χ0n) is 10.6. The maximum atomic E-state index is 2.47. The number of halogens is 1. The monoisotopic (exact) mass is 386 g/mol. The van der Waals surface area contributed by atoms with E-state index in [1.807, 2.05) is 11.3 Å². The highest BCUT2D eigenvalue weighted by Gasteiger charge is 2.13. The summed E-state index contributed by atoms with van der Waals surface area (Å²) in [6.07, 6.45) is 0. The summed E-state index contributed by atoms with van der Waals surface area (Å²) >= 11 is 4.34. The van der Waals surface area contributed by atoms with E-state index in [2.05, 4.69) is 89.3 Å². The van der Waals surface area contributed by atoms with Gasteiger partial charge in [-0.3, -0.25) is 0 Å². The zero-order valence-corrected chi connectivity index (χ0v) is 13.6. The third kappa shape index (κ3) is 1.86. The number of hydrogen-bond donors (Lipinski definition) is 0. The first-order valence-electron chi connectivity index (χ1n) is 6.50. The van der Waals surface area contributed by atoms with Crippen molar-refractivity contribution in [1.82, 2.24) is 0 Å². The molecule has 0 N–H and O–H groups in total. The van der Waals surface area contributed by atoms with Crippen molar-refractivity contribution < 1.29 is 0 Å². The minimum absolute atomic E-state index is 1.30. The Balaban J connectivity index is 2.14. The normalized spacial score (nSPS) is 11.2. The maximum Gasteiger partial charge on any atom is 0.0744 e. The molecule has 4 rings (SSSR count). The van der Waals surface area contributed by atoms with E-state index in [9.17, 15) is 0 Å². The molecule has 0 aliphatic carbocycles.